The van der Waals surface area contributed by atoms with Gasteiger partial charge >= 0.3 is 0 Å². The van der Waals surface area contributed by atoms with Crippen LogP contribution >= 0.6 is 0 Å². The van der Waals surface area contributed by atoms with Crippen LogP contribution in [0.2, 0.25) is 0 Å². The molecule has 1 aromatic carbocycles. The van der Waals surface area contributed by atoms with Gasteiger partial charge in [0, 0.05) is 45.0 Å². The van der Waals surface area contributed by atoms with E-state index in [0.29, 0.717) is 25.9 Å². The van der Waals surface area contributed by atoms with Crippen LogP contribution in [0.1, 0.15) is 24.8 Å². The van der Waals surface area contributed by atoms with Gasteiger partial charge < -0.3 is 10.6 Å². The summed E-state index contributed by atoms with van der Waals surface area (Å²) in [5, 5.41) is 5.49. The first-order valence-corrected chi connectivity index (χ1v) is 11.5. The molecule has 0 saturated carbocycles. The van der Waals surface area contributed by atoms with Gasteiger partial charge in [0.2, 0.25) is 21.8 Å². The minimum Gasteiger partial charge on any atom is -0.355 e. The Kier molecular flexibility index (Phi) is 7.69. The van der Waals surface area contributed by atoms with Crippen molar-refractivity contribution in [2.75, 3.05) is 19.6 Å². The third-order valence-corrected chi connectivity index (χ3v) is 6.98. The zero-order chi connectivity index (χ0) is 22.3. The molecular weight excluding hydrogens is 423 g/mol. The normalized spacial score (nSPS) is 17.1. The van der Waals surface area contributed by atoms with E-state index < -0.39 is 21.8 Å². The fourth-order valence-corrected chi connectivity index (χ4v) is 4.89. The number of nitrogens with one attached hydrogen (secondary N) is 2. The van der Waals surface area contributed by atoms with Gasteiger partial charge in [-0.05, 0) is 54.8 Å². The van der Waals surface area contributed by atoms with Gasteiger partial charge in [-0.25, -0.2) is 12.8 Å². The summed E-state index contributed by atoms with van der Waals surface area (Å²) in [5.74, 6) is -1.48. The lowest BCUT2D eigenvalue weighted by Crippen LogP contribution is -2.45. The predicted octanol–water partition coefficient (Wildman–Crippen LogP) is 1.44. The highest BCUT2D eigenvalue weighted by Gasteiger charge is 2.33. The first-order valence-electron chi connectivity index (χ1n) is 10.1. The summed E-state index contributed by atoms with van der Waals surface area (Å²) in [6.07, 6.45) is 4.53. The average Bonchev–Trinajstić information content (AvgIpc) is 2.78. The van der Waals surface area contributed by atoms with Gasteiger partial charge in [0.1, 0.15) is 5.82 Å². The summed E-state index contributed by atoms with van der Waals surface area (Å²) >= 11 is 0. The first-order chi connectivity index (χ1) is 14.9. The van der Waals surface area contributed by atoms with Crippen molar-refractivity contribution in [1.82, 2.24) is 19.9 Å². The van der Waals surface area contributed by atoms with E-state index in [-0.39, 0.29) is 36.2 Å². The van der Waals surface area contributed by atoms with E-state index >= 15 is 0 Å². The molecule has 166 valence electrons. The van der Waals surface area contributed by atoms with E-state index in [1.54, 1.807) is 24.5 Å². The molecule has 0 spiro atoms. The van der Waals surface area contributed by atoms with E-state index in [1.807, 2.05) is 0 Å². The Morgan fingerprint density at radius 2 is 1.81 bits per heavy atom. The fraction of sp³-hybridized carbons (Fsp3) is 0.381. The number of hydrogen-bond acceptors (Lipinski definition) is 5. The largest absolute Gasteiger partial charge is 0.355 e. The van der Waals surface area contributed by atoms with Crippen LogP contribution in [-0.4, -0.2) is 49.2 Å². The van der Waals surface area contributed by atoms with Crippen LogP contribution in [0.5, 0.6) is 0 Å². The third-order valence-electron chi connectivity index (χ3n) is 5.10. The Bertz CT molecular complexity index is 1000. The molecule has 1 fully saturated rings. The summed E-state index contributed by atoms with van der Waals surface area (Å²) in [6, 6.07) is 8.24. The van der Waals surface area contributed by atoms with Crippen molar-refractivity contribution < 1.29 is 22.4 Å². The lowest BCUT2D eigenvalue weighted by atomic mass is 9.99. The van der Waals surface area contributed by atoms with E-state index in [2.05, 4.69) is 15.6 Å². The van der Waals surface area contributed by atoms with Crippen molar-refractivity contribution in [2.24, 2.45) is 5.92 Å². The standard InChI is InChI=1S/C21H25FN4O4S/c22-18-3-5-19(6-4-18)31(29,30)26-13-1-2-17(15-26)21(28)24-12-9-20(27)25-14-16-7-10-23-11-8-16/h3-8,10-11,17H,1-2,9,12-15H2,(H,24,28)(H,25,27)/t17-/m0/s1. The highest BCUT2D eigenvalue weighted by molar-refractivity contribution is 7.89. The Morgan fingerprint density at radius 3 is 2.52 bits per heavy atom. The topological polar surface area (TPSA) is 108 Å². The monoisotopic (exact) mass is 448 g/mol. The summed E-state index contributed by atoms with van der Waals surface area (Å²) < 4.78 is 39.9. The minimum atomic E-state index is -3.79. The molecule has 0 aliphatic carbocycles. The third kappa shape index (κ3) is 6.31. The van der Waals surface area contributed by atoms with Crippen LogP contribution in [0, 0.1) is 11.7 Å². The van der Waals surface area contributed by atoms with Crippen molar-refractivity contribution >= 4 is 21.8 Å². The second-order valence-electron chi connectivity index (χ2n) is 7.33. The molecule has 8 nitrogen and oxygen atoms in total. The number of carbonyl (C=O) groups excluding carboxylic acids is 2. The molecule has 1 aliphatic rings. The molecular formula is C21H25FN4O4S. The summed E-state index contributed by atoms with van der Waals surface area (Å²) in [5.41, 5.74) is 0.928. The lowest BCUT2D eigenvalue weighted by molar-refractivity contribution is -0.126. The Labute approximate surface area is 180 Å². The van der Waals surface area contributed by atoms with Crippen LogP contribution in [0.3, 0.4) is 0 Å². The molecule has 1 aliphatic heterocycles. The van der Waals surface area contributed by atoms with Crippen molar-refractivity contribution in [3.63, 3.8) is 0 Å². The van der Waals surface area contributed by atoms with Gasteiger partial charge in [-0.15, -0.1) is 0 Å². The maximum atomic E-state index is 13.1. The molecule has 2 heterocycles. The van der Waals surface area contributed by atoms with Crippen LogP contribution in [0.15, 0.2) is 53.7 Å². The molecule has 2 amide bonds. The zero-order valence-corrected chi connectivity index (χ0v) is 17.8. The molecule has 1 saturated heterocycles. The molecule has 0 unspecified atom stereocenters. The number of carbonyl (C=O) groups is 2. The molecule has 31 heavy (non-hydrogen) atoms. The molecule has 2 aromatic rings. The number of piperidine rings is 1. The Balaban J connectivity index is 1.46. The summed E-state index contributed by atoms with van der Waals surface area (Å²) in [4.78, 5) is 28.3. The number of amides is 2. The molecule has 10 heteroatoms. The smallest absolute Gasteiger partial charge is 0.243 e. The molecule has 0 radical (unpaired) electrons. The maximum absolute atomic E-state index is 13.1. The van der Waals surface area contributed by atoms with Gasteiger partial charge in [0.05, 0.1) is 10.8 Å². The van der Waals surface area contributed by atoms with Crippen molar-refractivity contribution in [2.45, 2.75) is 30.7 Å². The van der Waals surface area contributed by atoms with E-state index in [1.165, 1.54) is 16.4 Å². The summed E-state index contributed by atoms with van der Waals surface area (Å²) in [6.45, 7) is 0.914. The molecule has 0 bridgehead atoms. The van der Waals surface area contributed by atoms with Gasteiger partial charge in [-0.1, -0.05) is 0 Å². The minimum absolute atomic E-state index is 0.000765. The number of nitrogens with zero attached hydrogens (tertiary/aromatic N) is 2. The summed E-state index contributed by atoms with van der Waals surface area (Å²) in [7, 11) is -3.79. The van der Waals surface area contributed by atoms with Crippen LogP contribution < -0.4 is 10.6 Å². The van der Waals surface area contributed by atoms with Crippen LogP contribution in [0.4, 0.5) is 4.39 Å². The highest BCUT2D eigenvalue weighted by Crippen LogP contribution is 2.24. The Hall–Kier alpha value is -2.85. The van der Waals surface area contributed by atoms with Crippen LogP contribution in [0.25, 0.3) is 0 Å². The fourth-order valence-electron chi connectivity index (χ4n) is 3.36. The first kappa shape index (κ1) is 22.8. The zero-order valence-electron chi connectivity index (χ0n) is 17.0. The maximum Gasteiger partial charge on any atom is 0.243 e. The number of sulfonamides is 1. The van der Waals surface area contributed by atoms with Gasteiger partial charge in [-0.3, -0.25) is 14.6 Å². The van der Waals surface area contributed by atoms with Crippen molar-refractivity contribution in [3.05, 3.63) is 60.2 Å². The van der Waals surface area contributed by atoms with E-state index in [9.17, 15) is 22.4 Å². The average molecular weight is 449 g/mol. The van der Waals surface area contributed by atoms with Gasteiger partial charge in [0.15, 0.2) is 0 Å². The molecule has 3 rings (SSSR count). The molecule has 1 atom stereocenters. The number of hydrogen-bond donors (Lipinski definition) is 2. The lowest BCUT2D eigenvalue weighted by Gasteiger charge is -2.31. The SMILES string of the molecule is O=C(CCNC(=O)[C@H]1CCCN(S(=O)(=O)c2ccc(F)cc2)C1)NCc1ccncc1. The highest BCUT2D eigenvalue weighted by atomic mass is 32.2. The van der Waals surface area contributed by atoms with Crippen LogP contribution in [-0.2, 0) is 26.2 Å². The van der Waals surface area contributed by atoms with E-state index in [4.69, 9.17) is 0 Å². The second-order valence-corrected chi connectivity index (χ2v) is 9.27. The Morgan fingerprint density at radius 1 is 1.10 bits per heavy atom. The molecule has 2 N–H and O–H groups in total. The number of benzene rings is 1. The van der Waals surface area contributed by atoms with Gasteiger partial charge in [-0.2, -0.15) is 4.31 Å². The number of aromatic nitrogens is 1. The molecule has 1 aromatic heterocycles. The number of pyridine rings is 1. The predicted molar refractivity (Wildman–Crippen MR) is 112 cm³/mol. The van der Waals surface area contributed by atoms with Crippen molar-refractivity contribution in [1.29, 1.82) is 0 Å². The van der Waals surface area contributed by atoms with Crippen molar-refractivity contribution in [3.8, 4) is 0 Å². The number of rotatable bonds is 8. The van der Waals surface area contributed by atoms with E-state index in [0.717, 1.165) is 17.7 Å². The number of halogens is 1. The second kappa shape index (κ2) is 10.5. The van der Waals surface area contributed by atoms with Gasteiger partial charge in [0.25, 0.3) is 0 Å². The quantitative estimate of drug-likeness (QED) is 0.635.